The predicted octanol–water partition coefficient (Wildman–Crippen LogP) is 3.69. The number of benzene rings is 1. The zero-order valence-electron chi connectivity index (χ0n) is 14.9. The Morgan fingerprint density at radius 3 is 2.48 bits per heavy atom. The van der Waals surface area contributed by atoms with Gasteiger partial charge in [0.15, 0.2) is 0 Å². The molecular weight excluding hydrogens is 357 g/mol. The maximum atomic E-state index is 12.9. The van der Waals surface area contributed by atoms with Crippen LogP contribution in [-0.2, 0) is 6.18 Å². The second-order valence-electron chi connectivity index (χ2n) is 6.46. The number of alkyl halides is 3. The highest BCUT2D eigenvalue weighted by atomic mass is 19.4. The molecule has 2 amide bonds. The highest BCUT2D eigenvalue weighted by molar-refractivity contribution is 5.75. The van der Waals surface area contributed by atoms with Gasteiger partial charge in [-0.1, -0.05) is 18.2 Å². The van der Waals surface area contributed by atoms with Crippen LogP contribution in [0.25, 0.3) is 0 Å². The average Bonchev–Trinajstić information content (AvgIpc) is 2.68. The van der Waals surface area contributed by atoms with E-state index in [9.17, 15) is 18.0 Å². The van der Waals surface area contributed by atoms with E-state index in [0.29, 0.717) is 31.7 Å². The molecule has 1 aromatic carbocycles. The van der Waals surface area contributed by atoms with Gasteiger partial charge in [-0.05, 0) is 36.8 Å². The molecule has 5 nitrogen and oxygen atoms in total. The van der Waals surface area contributed by atoms with Crippen LogP contribution in [0, 0.1) is 0 Å². The Hall–Kier alpha value is -2.77. The minimum Gasteiger partial charge on any atom is -0.353 e. The molecule has 2 heterocycles. The first-order chi connectivity index (χ1) is 12.8. The maximum absolute atomic E-state index is 12.9. The Morgan fingerprint density at radius 2 is 1.85 bits per heavy atom. The van der Waals surface area contributed by atoms with E-state index in [1.54, 1.807) is 24.1 Å². The molecular formula is C19H21F3N4O. The van der Waals surface area contributed by atoms with Crippen molar-refractivity contribution in [3.05, 3.63) is 59.8 Å². The molecule has 3 rings (SSSR count). The fourth-order valence-electron chi connectivity index (χ4n) is 3.02. The van der Waals surface area contributed by atoms with Gasteiger partial charge in [-0.3, -0.25) is 0 Å². The minimum atomic E-state index is -4.40. The van der Waals surface area contributed by atoms with Gasteiger partial charge in [0.1, 0.15) is 5.82 Å². The zero-order chi connectivity index (χ0) is 19.4. The molecule has 1 fully saturated rings. The van der Waals surface area contributed by atoms with E-state index in [2.05, 4.69) is 15.2 Å². The SMILES string of the molecule is CC(NC(=O)N1CCN(c2ccccn2)CC1)c1cccc(C(F)(F)F)c1. The van der Waals surface area contributed by atoms with Crippen LogP contribution in [0.5, 0.6) is 0 Å². The molecule has 1 aliphatic rings. The van der Waals surface area contributed by atoms with Gasteiger partial charge in [0.25, 0.3) is 0 Å². The maximum Gasteiger partial charge on any atom is 0.416 e. The summed E-state index contributed by atoms with van der Waals surface area (Å²) < 4.78 is 38.6. The number of carbonyl (C=O) groups is 1. The number of rotatable bonds is 3. The normalized spacial score (nSPS) is 16.1. The van der Waals surface area contributed by atoms with Gasteiger partial charge in [-0.25, -0.2) is 9.78 Å². The Morgan fingerprint density at radius 1 is 1.11 bits per heavy atom. The summed E-state index contributed by atoms with van der Waals surface area (Å²) in [6.07, 6.45) is -2.67. The van der Waals surface area contributed by atoms with E-state index in [-0.39, 0.29) is 6.03 Å². The van der Waals surface area contributed by atoms with Crippen LogP contribution in [0.4, 0.5) is 23.8 Å². The van der Waals surface area contributed by atoms with Crippen molar-refractivity contribution < 1.29 is 18.0 Å². The molecule has 1 N–H and O–H groups in total. The topological polar surface area (TPSA) is 48.5 Å². The smallest absolute Gasteiger partial charge is 0.353 e. The summed E-state index contributed by atoms with van der Waals surface area (Å²) in [4.78, 5) is 20.5. The van der Waals surface area contributed by atoms with E-state index < -0.39 is 17.8 Å². The van der Waals surface area contributed by atoms with Crippen LogP contribution in [-0.4, -0.2) is 42.1 Å². The molecule has 1 aromatic heterocycles. The standard InChI is InChI=1S/C19H21F3N4O/c1-14(15-5-4-6-16(13-15)19(20,21)22)24-18(27)26-11-9-25(10-12-26)17-7-2-3-8-23-17/h2-8,13-14H,9-12H2,1H3,(H,24,27). The van der Waals surface area contributed by atoms with E-state index in [0.717, 1.165) is 18.0 Å². The molecule has 1 unspecified atom stereocenters. The van der Waals surface area contributed by atoms with Crippen molar-refractivity contribution in [1.82, 2.24) is 15.2 Å². The molecule has 1 aliphatic heterocycles. The lowest BCUT2D eigenvalue weighted by molar-refractivity contribution is -0.137. The molecule has 0 aliphatic carbocycles. The third-order valence-electron chi connectivity index (χ3n) is 4.59. The van der Waals surface area contributed by atoms with Crippen molar-refractivity contribution in [1.29, 1.82) is 0 Å². The van der Waals surface area contributed by atoms with Crippen molar-refractivity contribution in [2.45, 2.75) is 19.1 Å². The summed E-state index contributed by atoms with van der Waals surface area (Å²) in [5.74, 6) is 0.870. The van der Waals surface area contributed by atoms with E-state index in [1.165, 1.54) is 6.07 Å². The first kappa shape index (κ1) is 19.0. The van der Waals surface area contributed by atoms with E-state index >= 15 is 0 Å². The summed E-state index contributed by atoms with van der Waals surface area (Å²) in [5, 5.41) is 2.78. The number of urea groups is 1. The lowest BCUT2D eigenvalue weighted by atomic mass is 10.1. The minimum absolute atomic E-state index is 0.277. The summed E-state index contributed by atoms with van der Waals surface area (Å²) in [5.41, 5.74) is -0.296. The van der Waals surface area contributed by atoms with Crippen LogP contribution < -0.4 is 10.2 Å². The number of amides is 2. The van der Waals surface area contributed by atoms with Crippen molar-refractivity contribution in [3.8, 4) is 0 Å². The molecule has 0 radical (unpaired) electrons. The number of carbonyl (C=O) groups excluding carboxylic acids is 1. The van der Waals surface area contributed by atoms with Crippen molar-refractivity contribution in [3.63, 3.8) is 0 Å². The molecule has 1 atom stereocenters. The van der Waals surface area contributed by atoms with Crippen LogP contribution >= 0.6 is 0 Å². The van der Waals surface area contributed by atoms with Gasteiger partial charge in [0, 0.05) is 32.4 Å². The van der Waals surface area contributed by atoms with Crippen LogP contribution in [0.15, 0.2) is 48.7 Å². The molecule has 27 heavy (non-hydrogen) atoms. The first-order valence-electron chi connectivity index (χ1n) is 8.73. The van der Waals surface area contributed by atoms with Gasteiger partial charge in [0.05, 0.1) is 11.6 Å². The predicted molar refractivity (Wildman–Crippen MR) is 96.4 cm³/mol. The Balaban J connectivity index is 1.57. The Kier molecular flexibility index (Phi) is 5.53. The van der Waals surface area contributed by atoms with Crippen LogP contribution in [0.2, 0.25) is 0 Å². The number of aromatic nitrogens is 1. The zero-order valence-corrected chi connectivity index (χ0v) is 14.9. The van der Waals surface area contributed by atoms with Crippen molar-refractivity contribution in [2.24, 2.45) is 0 Å². The molecule has 8 heteroatoms. The summed E-state index contributed by atoms with van der Waals surface area (Å²) in [6.45, 7) is 4.04. The van der Waals surface area contributed by atoms with Gasteiger partial charge in [-0.15, -0.1) is 0 Å². The fourth-order valence-corrected chi connectivity index (χ4v) is 3.02. The van der Waals surface area contributed by atoms with E-state index in [1.807, 2.05) is 18.2 Å². The van der Waals surface area contributed by atoms with Gasteiger partial charge in [0.2, 0.25) is 0 Å². The Bertz CT molecular complexity index is 774. The molecule has 0 spiro atoms. The summed E-state index contributed by atoms with van der Waals surface area (Å²) >= 11 is 0. The average molecular weight is 378 g/mol. The lowest BCUT2D eigenvalue weighted by Gasteiger charge is -2.36. The fraction of sp³-hybridized carbons (Fsp3) is 0.368. The summed E-state index contributed by atoms with van der Waals surface area (Å²) in [6, 6.07) is 9.92. The number of nitrogens with zero attached hydrogens (tertiary/aromatic N) is 3. The molecule has 2 aromatic rings. The Labute approximate surface area is 155 Å². The number of nitrogens with one attached hydrogen (secondary N) is 1. The molecule has 1 saturated heterocycles. The van der Waals surface area contributed by atoms with Crippen LogP contribution in [0.1, 0.15) is 24.1 Å². The van der Waals surface area contributed by atoms with Gasteiger partial charge >= 0.3 is 12.2 Å². The number of hydrogen-bond acceptors (Lipinski definition) is 3. The second kappa shape index (κ2) is 7.85. The third kappa shape index (κ3) is 4.69. The molecule has 0 bridgehead atoms. The monoisotopic (exact) mass is 378 g/mol. The highest BCUT2D eigenvalue weighted by Gasteiger charge is 2.31. The number of pyridine rings is 1. The molecule has 144 valence electrons. The number of halogens is 3. The van der Waals surface area contributed by atoms with Crippen molar-refractivity contribution in [2.75, 3.05) is 31.1 Å². The van der Waals surface area contributed by atoms with Gasteiger partial charge < -0.3 is 15.1 Å². The third-order valence-corrected chi connectivity index (χ3v) is 4.59. The lowest BCUT2D eigenvalue weighted by Crippen LogP contribution is -2.52. The largest absolute Gasteiger partial charge is 0.416 e. The quantitative estimate of drug-likeness (QED) is 0.886. The van der Waals surface area contributed by atoms with E-state index in [4.69, 9.17) is 0 Å². The van der Waals surface area contributed by atoms with Crippen molar-refractivity contribution >= 4 is 11.8 Å². The first-order valence-corrected chi connectivity index (χ1v) is 8.73. The number of piperazine rings is 1. The molecule has 0 saturated carbocycles. The van der Waals surface area contributed by atoms with Gasteiger partial charge in [-0.2, -0.15) is 13.2 Å². The van der Waals surface area contributed by atoms with Crippen LogP contribution in [0.3, 0.4) is 0 Å². The number of anilines is 1. The number of hydrogen-bond donors (Lipinski definition) is 1. The summed E-state index contributed by atoms with van der Waals surface area (Å²) in [7, 11) is 0. The highest BCUT2D eigenvalue weighted by Crippen LogP contribution is 2.30. The second-order valence-corrected chi connectivity index (χ2v) is 6.46.